The van der Waals surface area contributed by atoms with Gasteiger partial charge in [-0.1, -0.05) is 17.7 Å². The van der Waals surface area contributed by atoms with Crippen LogP contribution in [0.25, 0.3) is 0 Å². The molecule has 2 N–H and O–H groups in total. The first-order valence-electron chi connectivity index (χ1n) is 10.4. The highest BCUT2D eigenvalue weighted by molar-refractivity contribution is 6.30. The Balaban J connectivity index is 1.68. The van der Waals surface area contributed by atoms with Crippen molar-refractivity contribution in [1.29, 1.82) is 0 Å². The fourth-order valence-electron chi connectivity index (χ4n) is 3.55. The van der Waals surface area contributed by atoms with E-state index in [2.05, 4.69) is 20.6 Å². The van der Waals surface area contributed by atoms with E-state index in [0.717, 1.165) is 22.6 Å². The minimum absolute atomic E-state index is 0.0392. The van der Waals surface area contributed by atoms with Gasteiger partial charge in [0, 0.05) is 49.3 Å². The predicted octanol–water partition coefficient (Wildman–Crippen LogP) is 2.63. The number of aryl methyl sites for hydroxylation is 5. The summed E-state index contributed by atoms with van der Waals surface area (Å²) in [5, 5.41) is 6.60. The van der Waals surface area contributed by atoms with Gasteiger partial charge in [0.15, 0.2) is 5.89 Å². The maximum atomic E-state index is 13.0. The van der Waals surface area contributed by atoms with Gasteiger partial charge in [-0.3, -0.25) is 14.2 Å². The summed E-state index contributed by atoms with van der Waals surface area (Å²) in [6.07, 6.45) is 2.02. The van der Waals surface area contributed by atoms with Crippen LogP contribution in [-0.2, 0) is 37.3 Å². The number of nitrogens with zero attached hydrogens (tertiary/aromatic N) is 3. The monoisotopic (exact) mass is 457 g/mol. The van der Waals surface area contributed by atoms with Crippen molar-refractivity contribution in [3.8, 4) is 0 Å². The van der Waals surface area contributed by atoms with Crippen LogP contribution in [0.5, 0.6) is 0 Å². The molecule has 0 saturated carbocycles. The topological polar surface area (TPSA) is 102 Å². The van der Waals surface area contributed by atoms with Gasteiger partial charge in [-0.2, -0.15) is 0 Å². The molecule has 2 heterocycles. The molecule has 0 saturated heterocycles. The van der Waals surface area contributed by atoms with Crippen LogP contribution in [0.3, 0.4) is 0 Å². The number of aromatic nitrogens is 3. The normalized spacial score (nSPS) is 11.0. The van der Waals surface area contributed by atoms with Gasteiger partial charge in [0.2, 0.25) is 5.91 Å². The molecule has 0 bridgehead atoms. The molecule has 0 aliphatic carbocycles. The van der Waals surface area contributed by atoms with Gasteiger partial charge in [0.05, 0.1) is 18.4 Å². The van der Waals surface area contributed by atoms with E-state index in [1.54, 1.807) is 13.8 Å². The van der Waals surface area contributed by atoms with Crippen LogP contribution in [0.1, 0.15) is 39.7 Å². The Labute approximate surface area is 192 Å². The molecule has 0 radical (unpaired) electrons. The minimum Gasteiger partial charge on any atom is -0.446 e. The molecule has 2 aromatic heterocycles. The fourth-order valence-corrected chi connectivity index (χ4v) is 3.74. The number of halogens is 1. The molecule has 0 aliphatic rings. The lowest BCUT2D eigenvalue weighted by Gasteiger charge is -2.12. The van der Waals surface area contributed by atoms with E-state index >= 15 is 0 Å². The molecule has 0 aliphatic heterocycles. The van der Waals surface area contributed by atoms with Crippen molar-refractivity contribution in [1.82, 2.24) is 25.2 Å². The Kier molecular flexibility index (Phi) is 7.82. The van der Waals surface area contributed by atoms with Crippen LogP contribution in [0.4, 0.5) is 0 Å². The quantitative estimate of drug-likeness (QED) is 0.512. The SMILES string of the molecule is CNCc1ccc(Cl)cc1CNC(=O)Cc1c(C)ncn(CCc2nc(C)oc2C)c1=O. The van der Waals surface area contributed by atoms with Crippen LogP contribution in [-0.4, -0.2) is 27.5 Å². The molecule has 8 nitrogen and oxygen atoms in total. The number of rotatable bonds is 9. The second kappa shape index (κ2) is 10.6. The number of oxazole rings is 1. The third-order valence-corrected chi connectivity index (χ3v) is 5.52. The summed E-state index contributed by atoms with van der Waals surface area (Å²) in [7, 11) is 1.86. The maximum Gasteiger partial charge on any atom is 0.257 e. The van der Waals surface area contributed by atoms with E-state index in [4.69, 9.17) is 16.0 Å². The van der Waals surface area contributed by atoms with E-state index < -0.39 is 0 Å². The summed E-state index contributed by atoms with van der Waals surface area (Å²) in [5.41, 5.74) is 3.51. The average Bonchev–Trinajstić information content (AvgIpc) is 3.07. The van der Waals surface area contributed by atoms with Crippen LogP contribution in [0.2, 0.25) is 5.02 Å². The molecule has 1 amide bonds. The van der Waals surface area contributed by atoms with Crippen LogP contribution in [0.15, 0.2) is 33.7 Å². The molecule has 0 spiro atoms. The first kappa shape index (κ1) is 23.7. The highest BCUT2D eigenvalue weighted by atomic mass is 35.5. The van der Waals surface area contributed by atoms with E-state index in [0.29, 0.717) is 48.2 Å². The lowest BCUT2D eigenvalue weighted by molar-refractivity contribution is -0.120. The highest BCUT2D eigenvalue weighted by Gasteiger charge is 2.15. The van der Waals surface area contributed by atoms with E-state index in [1.165, 1.54) is 10.9 Å². The Bertz CT molecular complexity index is 1170. The van der Waals surface area contributed by atoms with Crippen molar-refractivity contribution in [2.75, 3.05) is 7.05 Å². The van der Waals surface area contributed by atoms with Gasteiger partial charge in [-0.05, 0) is 44.2 Å². The fraction of sp³-hybridized carbons (Fsp3) is 0.391. The van der Waals surface area contributed by atoms with Gasteiger partial charge in [-0.25, -0.2) is 9.97 Å². The van der Waals surface area contributed by atoms with E-state index in [9.17, 15) is 9.59 Å². The van der Waals surface area contributed by atoms with Crippen molar-refractivity contribution in [2.24, 2.45) is 0 Å². The first-order chi connectivity index (χ1) is 15.3. The van der Waals surface area contributed by atoms with Gasteiger partial charge < -0.3 is 15.1 Å². The van der Waals surface area contributed by atoms with Crippen molar-refractivity contribution in [2.45, 2.75) is 53.2 Å². The lowest BCUT2D eigenvalue weighted by atomic mass is 10.1. The zero-order valence-electron chi connectivity index (χ0n) is 18.8. The molecular weight excluding hydrogens is 430 g/mol. The summed E-state index contributed by atoms with van der Waals surface area (Å²) in [5.74, 6) is 1.10. The number of nitrogens with one attached hydrogen (secondary N) is 2. The standard InChI is InChI=1S/C23H28ClN5O3/c1-14-20(10-22(30)26-12-18-9-19(24)6-5-17(18)11-25-4)23(31)29(13-27-14)8-7-21-15(2)32-16(3)28-21/h5-6,9,13,25H,7-8,10-12H2,1-4H3,(H,26,30). The average molecular weight is 458 g/mol. The molecule has 3 rings (SSSR count). The molecule has 9 heteroatoms. The van der Waals surface area contributed by atoms with Crippen molar-refractivity contribution in [3.63, 3.8) is 0 Å². The van der Waals surface area contributed by atoms with Crippen LogP contribution >= 0.6 is 11.6 Å². The summed E-state index contributed by atoms with van der Waals surface area (Å²) >= 11 is 6.11. The zero-order chi connectivity index (χ0) is 23.3. The summed E-state index contributed by atoms with van der Waals surface area (Å²) in [6.45, 7) is 6.78. The maximum absolute atomic E-state index is 13.0. The molecule has 3 aromatic rings. The molecular formula is C23H28ClN5O3. The van der Waals surface area contributed by atoms with Crippen molar-refractivity contribution in [3.05, 3.63) is 79.6 Å². The smallest absolute Gasteiger partial charge is 0.257 e. The number of hydrogen-bond acceptors (Lipinski definition) is 6. The molecule has 0 unspecified atom stereocenters. The van der Waals surface area contributed by atoms with Gasteiger partial charge >= 0.3 is 0 Å². The molecule has 170 valence electrons. The van der Waals surface area contributed by atoms with Gasteiger partial charge in [-0.15, -0.1) is 0 Å². The van der Waals surface area contributed by atoms with Crippen molar-refractivity contribution >= 4 is 17.5 Å². The largest absolute Gasteiger partial charge is 0.446 e. The van der Waals surface area contributed by atoms with Gasteiger partial charge in [0.25, 0.3) is 5.56 Å². The number of carbonyl (C=O) groups excluding carboxylic acids is 1. The van der Waals surface area contributed by atoms with Crippen LogP contribution < -0.4 is 16.2 Å². The predicted molar refractivity (Wildman–Crippen MR) is 123 cm³/mol. The lowest BCUT2D eigenvalue weighted by Crippen LogP contribution is -2.32. The Morgan fingerprint density at radius 1 is 1.19 bits per heavy atom. The second-order valence-electron chi connectivity index (χ2n) is 7.69. The van der Waals surface area contributed by atoms with E-state index in [-0.39, 0.29) is 17.9 Å². The molecule has 0 atom stereocenters. The summed E-state index contributed by atoms with van der Waals surface area (Å²) in [6, 6.07) is 5.59. The third kappa shape index (κ3) is 5.83. The Hall–Kier alpha value is -2.97. The van der Waals surface area contributed by atoms with Crippen molar-refractivity contribution < 1.29 is 9.21 Å². The number of carbonyl (C=O) groups is 1. The molecule has 32 heavy (non-hydrogen) atoms. The Morgan fingerprint density at radius 2 is 1.97 bits per heavy atom. The first-order valence-corrected chi connectivity index (χ1v) is 10.8. The summed E-state index contributed by atoms with van der Waals surface area (Å²) < 4.78 is 6.96. The van der Waals surface area contributed by atoms with Gasteiger partial charge in [0.1, 0.15) is 5.76 Å². The minimum atomic E-state index is -0.247. The second-order valence-corrected chi connectivity index (χ2v) is 8.13. The number of amides is 1. The molecule has 1 aromatic carbocycles. The molecule has 0 fully saturated rings. The Morgan fingerprint density at radius 3 is 2.66 bits per heavy atom. The number of benzene rings is 1. The zero-order valence-corrected chi connectivity index (χ0v) is 19.5. The van der Waals surface area contributed by atoms with E-state index in [1.807, 2.05) is 32.2 Å². The third-order valence-electron chi connectivity index (χ3n) is 5.28. The summed E-state index contributed by atoms with van der Waals surface area (Å²) in [4.78, 5) is 34.2. The highest BCUT2D eigenvalue weighted by Crippen LogP contribution is 2.16. The van der Waals surface area contributed by atoms with Crippen LogP contribution in [0, 0.1) is 20.8 Å². The number of hydrogen-bond donors (Lipinski definition) is 2.